The summed E-state index contributed by atoms with van der Waals surface area (Å²) in [4.78, 5) is 23.4. The normalized spacial score (nSPS) is 10.9. The van der Waals surface area contributed by atoms with E-state index in [-0.39, 0.29) is 12.2 Å². The number of rotatable bonds is 6. The van der Waals surface area contributed by atoms with Gasteiger partial charge in [-0.15, -0.1) is 0 Å². The number of aryl methyl sites for hydroxylation is 3. The van der Waals surface area contributed by atoms with Gasteiger partial charge in [0.05, 0.1) is 13.5 Å². The lowest BCUT2D eigenvalue weighted by molar-refractivity contribution is -0.136. The third-order valence-electron chi connectivity index (χ3n) is 4.20. The van der Waals surface area contributed by atoms with Crippen molar-refractivity contribution >= 4 is 17.8 Å². The van der Waals surface area contributed by atoms with Gasteiger partial charge < -0.3 is 9.84 Å². The Bertz CT molecular complexity index is 847. The summed E-state index contributed by atoms with van der Waals surface area (Å²) < 4.78 is 5.16. The van der Waals surface area contributed by atoms with Crippen LogP contribution in [-0.2, 0) is 11.2 Å². The maximum absolute atomic E-state index is 12.4. The number of benzene rings is 2. The van der Waals surface area contributed by atoms with E-state index in [1.165, 1.54) is 24.3 Å². The second kappa shape index (κ2) is 7.79. The highest BCUT2D eigenvalue weighted by Gasteiger charge is 2.11. The minimum Gasteiger partial charge on any atom is -0.496 e. The van der Waals surface area contributed by atoms with Gasteiger partial charge in [-0.1, -0.05) is 18.2 Å². The summed E-state index contributed by atoms with van der Waals surface area (Å²) in [5.74, 6) is -0.677. The molecule has 0 fully saturated rings. The highest BCUT2D eigenvalue weighted by atomic mass is 16.5. The topological polar surface area (TPSA) is 63.6 Å². The van der Waals surface area contributed by atoms with Crippen LogP contribution in [0.25, 0.3) is 6.08 Å². The van der Waals surface area contributed by atoms with E-state index in [9.17, 15) is 9.59 Å². The molecule has 1 N–H and O–H groups in total. The van der Waals surface area contributed by atoms with Crippen molar-refractivity contribution in [3.8, 4) is 5.75 Å². The van der Waals surface area contributed by atoms with Crippen LogP contribution in [-0.4, -0.2) is 24.0 Å². The fraction of sp³-hybridized carbons (Fsp3) is 0.238. The van der Waals surface area contributed by atoms with Crippen LogP contribution in [0.3, 0.4) is 0 Å². The standard InChI is InChI=1S/C21H22O4/c1-13-9-15(3)16(10-14(13)2)5-7-19(22)17-6-8-20(25-4)18(11-17)12-21(23)24/h5-11H,12H2,1-4H3,(H,23,24). The summed E-state index contributed by atoms with van der Waals surface area (Å²) in [6.07, 6.45) is 3.12. The van der Waals surface area contributed by atoms with Gasteiger partial charge in [0.2, 0.25) is 0 Å². The molecule has 0 unspecified atom stereocenters. The van der Waals surface area contributed by atoms with Gasteiger partial charge in [-0.3, -0.25) is 9.59 Å². The van der Waals surface area contributed by atoms with Crippen LogP contribution in [0, 0.1) is 20.8 Å². The SMILES string of the molecule is COc1ccc(C(=O)C=Cc2cc(C)c(C)cc2C)cc1CC(=O)O. The molecule has 0 spiro atoms. The zero-order valence-electron chi connectivity index (χ0n) is 14.9. The molecule has 0 saturated carbocycles. The summed E-state index contributed by atoms with van der Waals surface area (Å²) in [5.41, 5.74) is 5.41. The fourth-order valence-electron chi connectivity index (χ4n) is 2.66. The van der Waals surface area contributed by atoms with Gasteiger partial charge in [0, 0.05) is 11.1 Å². The third-order valence-corrected chi connectivity index (χ3v) is 4.20. The Kier molecular flexibility index (Phi) is 5.75. The van der Waals surface area contributed by atoms with E-state index in [0.29, 0.717) is 16.9 Å². The van der Waals surface area contributed by atoms with E-state index in [4.69, 9.17) is 9.84 Å². The molecule has 0 bridgehead atoms. The number of hydrogen-bond donors (Lipinski definition) is 1. The Balaban J connectivity index is 2.29. The second-order valence-electron chi connectivity index (χ2n) is 6.09. The molecule has 0 aromatic heterocycles. The number of carbonyl (C=O) groups is 2. The van der Waals surface area contributed by atoms with E-state index < -0.39 is 5.97 Å². The van der Waals surface area contributed by atoms with Crippen molar-refractivity contribution in [2.45, 2.75) is 27.2 Å². The first-order valence-corrected chi connectivity index (χ1v) is 8.00. The molecule has 0 heterocycles. The Morgan fingerprint density at radius 2 is 1.72 bits per heavy atom. The molecular formula is C21H22O4. The van der Waals surface area contributed by atoms with Crippen LogP contribution >= 0.6 is 0 Å². The number of methoxy groups -OCH3 is 1. The Labute approximate surface area is 147 Å². The molecule has 4 heteroatoms. The first kappa shape index (κ1) is 18.5. The summed E-state index contributed by atoms with van der Waals surface area (Å²) in [6, 6.07) is 8.99. The maximum atomic E-state index is 12.4. The van der Waals surface area contributed by atoms with Gasteiger partial charge in [-0.2, -0.15) is 0 Å². The number of carbonyl (C=O) groups excluding carboxylic acids is 1. The molecule has 2 aromatic rings. The van der Waals surface area contributed by atoms with Crippen LogP contribution in [0.15, 0.2) is 36.4 Å². The lowest BCUT2D eigenvalue weighted by atomic mass is 9.99. The molecule has 0 atom stereocenters. The molecule has 0 amide bonds. The van der Waals surface area contributed by atoms with Crippen LogP contribution < -0.4 is 4.74 Å². The zero-order chi connectivity index (χ0) is 18.6. The molecule has 0 aliphatic rings. The number of ether oxygens (including phenoxy) is 1. The Morgan fingerprint density at radius 3 is 2.36 bits per heavy atom. The average molecular weight is 338 g/mol. The minimum atomic E-state index is -0.968. The summed E-state index contributed by atoms with van der Waals surface area (Å²) in [6.45, 7) is 6.10. The summed E-state index contributed by atoms with van der Waals surface area (Å²) >= 11 is 0. The van der Waals surface area contributed by atoms with Crippen LogP contribution in [0.5, 0.6) is 5.75 Å². The first-order valence-electron chi connectivity index (χ1n) is 8.00. The number of carboxylic acids is 1. The van der Waals surface area contributed by atoms with E-state index in [0.717, 1.165) is 11.1 Å². The Morgan fingerprint density at radius 1 is 1.04 bits per heavy atom. The first-order chi connectivity index (χ1) is 11.8. The zero-order valence-corrected chi connectivity index (χ0v) is 14.9. The molecule has 4 nitrogen and oxygen atoms in total. The molecule has 130 valence electrons. The molecule has 25 heavy (non-hydrogen) atoms. The number of hydrogen-bond acceptors (Lipinski definition) is 3. The van der Waals surface area contributed by atoms with E-state index in [2.05, 4.69) is 19.1 Å². The van der Waals surface area contributed by atoms with Crippen molar-refractivity contribution in [2.75, 3.05) is 7.11 Å². The van der Waals surface area contributed by atoms with Crippen LogP contribution in [0.2, 0.25) is 0 Å². The van der Waals surface area contributed by atoms with Crippen molar-refractivity contribution in [2.24, 2.45) is 0 Å². The lowest BCUT2D eigenvalue weighted by Gasteiger charge is -2.08. The monoisotopic (exact) mass is 338 g/mol. The van der Waals surface area contributed by atoms with Crippen molar-refractivity contribution in [3.05, 3.63) is 69.8 Å². The van der Waals surface area contributed by atoms with Crippen molar-refractivity contribution in [3.63, 3.8) is 0 Å². The predicted octanol–water partition coefficient (Wildman–Crippen LogP) is 4.14. The third kappa shape index (κ3) is 4.57. The number of aliphatic carboxylic acids is 1. The summed E-state index contributed by atoms with van der Waals surface area (Å²) in [7, 11) is 1.48. The Hall–Kier alpha value is -2.88. The molecule has 0 saturated heterocycles. The van der Waals surface area contributed by atoms with Crippen molar-refractivity contribution < 1.29 is 19.4 Å². The second-order valence-corrected chi connectivity index (χ2v) is 6.09. The quantitative estimate of drug-likeness (QED) is 0.635. The lowest BCUT2D eigenvalue weighted by Crippen LogP contribution is -2.04. The van der Waals surface area contributed by atoms with Gasteiger partial charge in [0.25, 0.3) is 0 Å². The van der Waals surface area contributed by atoms with Crippen molar-refractivity contribution in [1.82, 2.24) is 0 Å². The highest BCUT2D eigenvalue weighted by Crippen LogP contribution is 2.22. The van der Waals surface area contributed by atoms with Crippen LogP contribution in [0.4, 0.5) is 0 Å². The number of carboxylic acid groups (broad SMARTS) is 1. The molecule has 0 radical (unpaired) electrons. The van der Waals surface area contributed by atoms with E-state index >= 15 is 0 Å². The molecule has 0 aliphatic heterocycles. The fourth-order valence-corrected chi connectivity index (χ4v) is 2.66. The molecule has 2 aromatic carbocycles. The largest absolute Gasteiger partial charge is 0.496 e. The maximum Gasteiger partial charge on any atom is 0.307 e. The van der Waals surface area contributed by atoms with Gasteiger partial charge in [-0.25, -0.2) is 0 Å². The molecule has 2 rings (SSSR count). The van der Waals surface area contributed by atoms with Crippen molar-refractivity contribution in [1.29, 1.82) is 0 Å². The minimum absolute atomic E-state index is 0.174. The molecular weight excluding hydrogens is 316 g/mol. The number of ketones is 1. The highest BCUT2D eigenvalue weighted by molar-refractivity contribution is 6.07. The van der Waals surface area contributed by atoms with E-state index in [1.807, 2.05) is 13.8 Å². The van der Waals surface area contributed by atoms with Crippen LogP contribution in [0.1, 0.15) is 38.2 Å². The van der Waals surface area contributed by atoms with Gasteiger partial charge >= 0.3 is 5.97 Å². The van der Waals surface area contributed by atoms with Gasteiger partial charge in [0.1, 0.15) is 5.75 Å². The number of allylic oxidation sites excluding steroid dienone is 1. The smallest absolute Gasteiger partial charge is 0.307 e. The predicted molar refractivity (Wildman–Crippen MR) is 98.4 cm³/mol. The van der Waals surface area contributed by atoms with Gasteiger partial charge in [-0.05, 0) is 67.3 Å². The summed E-state index contributed by atoms with van der Waals surface area (Å²) in [5, 5.41) is 8.99. The van der Waals surface area contributed by atoms with E-state index in [1.54, 1.807) is 24.3 Å². The van der Waals surface area contributed by atoms with Gasteiger partial charge in [0.15, 0.2) is 5.78 Å². The average Bonchev–Trinajstić information content (AvgIpc) is 2.56. The molecule has 0 aliphatic carbocycles.